The van der Waals surface area contributed by atoms with E-state index in [0.717, 1.165) is 0 Å². The summed E-state index contributed by atoms with van der Waals surface area (Å²) in [6.45, 7) is 15.5. The molecule has 1 heterocycles. The number of hydrogen-bond acceptors (Lipinski definition) is 1. The Bertz CT molecular complexity index is 607. The van der Waals surface area contributed by atoms with Gasteiger partial charge in [-0.3, -0.25) is 4.68 Å². The van der Waals surface area contributed by atoms with E-state index < -0.39 is 0 Å². The molecular weight excluding hydrogens is 451 g/mol. The van der Waals surface area contributed by atoms with Crippen LogP contribution in [0.15, 0.2) is 24.3 Å². The number of benzene rings is 1. The third-order valence-electron chi connectivity index (χ3n) is 3.90. The predicted octanol–water partition coefficient (Wildman–Crippen LogP) is 5.68. The predicted molar refractivity (Wildman–Crippen MR) is 91.0 cm³/mol. The zero-order valence-electron chi connectivity index (χ0n) is 14.8. The van der Waals surface area contributed by atoms with E-state index >= 15 is 0 Å². The quantitative estimate of drug-likeness (QED) is 0.552. The minimum Gasteiger partial charge on any atom is -0.266 e. The van der Waals surface area contributed by atoms with Crippen molar-refractivity contribution in [3.63, 3.8) is 0 Å². The van der Waals surface area contributed by atoms with Crippen LogP contribution in [-0.4, -0.2) is 9.78 Å². The molecule has 0 unspecified atom stereocenters. The first-order valence-electron chi connectivity index (χ1n) is 8.02. The van der Waals surface area contributed by atoms with Crippen LogP contribution in [0.2, 0.25) is 0 Å². The number of rotatable bonds is 4. The molecule has 2 aromatic rings. The van der Waals surface area contributed by atoms with Crippen LogP contribution in [0.25, 0.3) is 11.1 Å². The zero-order valence-corrected chi connectivity index (χ0v) is 17.0. The summed E-state index contributed by atoms with van der Waals surface area (Å²) in [6.07, 6.45) is 0. The standard InChI is InChI=1S/C19H28N2.Pt/c1-12(2)18-17(16-10-8-15(7)9-11-16)19(13(3)4)21(20-18)14(5)6;/h8-14H,1-7H3;. The van der Waals surface area contributed by atoms with Crippen LogP contribution in [0, 0.1) is 6.92 Å². The molecule has 0 saturated heterocycles. The summed E-state index contributed by atoms with van der Waals surface area (Å²) >= 11 is 0. The summed E-state index contributed by atoms with van der Waals surface area (Å²) < 4.78 is 2.22. The van der Waals surface area contributed by atoms with Crippen LogP contribution in [-0.2, 0) is 21.1 Å². The van der Waals surface area contributed by atoms with E-state index in [1.807, 2.05) is 0 Å². The van der Waals surface area contributed by atoms with E-state index in [4.69, 9.17) is 5.10 Å². The Hall–Kier alpha value is -0.882. The van der Waals surface area contributed by atoms with E-state index in [0.29, 0.717) is 17.9 Å². The smallest absolute Gasteiger partial charge is 0.0731 e. The van der Waals surface area contributed by atoms with Gasteiger partial charge in [0.25, 0.3) is 0 Å². The van der Waals surface area contributed by atoms with Crippen molar-refractivity contribution in [1.82, 2.24) is 9.78 Å². The molecule has 0 N–H and O–H groups in total. The molecule has 0 atom stereocenters. The molecule has 0 amide bonds. The average Bonchev–Trinajstić information content (AvgIpc) is 2.80. The van der Waals surface area contributed by atoms with Crippen molar-refractivity contribution in [2.45, 2.75) is 66.3 Å². The molecule has 0 radical (unpaired) electrons. The van der Waals surface area contributed by atoms with Gasteiger partial charge in [0.2, 0.25) is 0 Å². The summed E-state index contributed by atoms with van der Waals surface area (Å²) in [5.41, 5.74) is 6.51. The Kier molecular flexibility index (Phi) is 6.62. The van der Waals surface area contributed by atoms with Crippen molar-refractivity contribution in [2.24, 2.45) is 0 Å². The molecule has 2 nitrogen and oxygen atoms in total. The molecule has 3 heteroatoms. The number of nitrogens with zero attached hydrogens (tertiary/aromatic N) is 2. The molecule has 124 valence electrons. The largest absolute Gasteiger partial charge is 0.266 e. The fourth-order valence-electron chi connectivity index (χ4n) is 2.83. The molecule has 22 heavy (non-hydrogen) atoms. The second-order valence-corrected chi connectivity index (χ2v) is 6.86. The Labute approximate surface area is 149 Å². The van der Waals surface area contributed by atoms with Crippen molar-refractivity contribution in [3.8, 4) is 11.1 Å². The SMILES string of the molecule is Cc1ccc(-c2c(C(C)C)nn(C(C)C)c2C(C)C)cc1.[Pt]. The topological polar surface area (TPSA) is 17.8 Å². The molecule has 0 aliphatic heterocycles. The van der Waals surface area contributed by atoms with Crippen molar-refractivity contribution in [2.75, 3.05) is 0 Å². The van der Waals surface area contributed by atoms with Crippen LogP contribution in [0.5, 0.6) is 0 Å². The van der Waals surface area contributed by atoms with E-state index in [2.05, 4.69) is 77.4 Å². The van der Waals surface area contributed by atoms with Gasteiger partial charge in [0, 0.05) is 38.4 Å². The van der Waals surface area contributed by atoms with Gasteiger partial charge < -0.3 is 0 Å². The minimum atomic E-state index is 0. The van der Waals surface area contributed by atoms with Gasteiger partial charge >= 0.3 is 0 Å². The monoisotopic (exact) mass is 479 g/mol. The van der Waals surface area contributed by atoms with Crippen LogP contribution in [0.1, 0.15) is 76.4 Å². The summed E-state index contributed by atoms with van der Waals surface area (Å²) in [7, 11) is 0. The molecule has 0 spiro atoms. The maximum Gasteiger partial charge on any atom is 0.0731 e. The van der Waals surface area contributed by atoms with E-state index in [1.165, 1.54) is 28.1 Å². The normalized spacial score (nSPS) is 11.4. The Morgan fingerprint density at radius 3 is 1.82 bits per heavy atom. The summed E-state index contributed by atoms with van der Waals surface area (Å²) in [5, 5.41) is 4.95. The molecule has 1 aromatic carbocycles. The molecule has 2 rings (SSSR count). The van der Waals surface area contributed by atoms with E-state index in [1.54, 1.807) is 0 Å². The molecular formula is C19H28N2Pt. The third kappa shape index (κ3) is 3.71. The maximum atomic E-state index is 4.95. The molecule has 0 bridgehead atoms. The molecule has 0 aliphatic carbocycles. The molecule has 0 saturated carbocycles. The Morgan fingerprint density at radius 1 is 0.864 bits per heavy atom. The molecule has 1 aromatic heterocycles. The fourth-order valence-corrected chi connectivity index (χ4v) is 2.83. The number of aryl methyl sites for hydroxylation is 1. The second kappa shape index (κ2) is 7.59. The van der Waals surface area contributed by atoms with Gasteiger partial charge in [-0.15, -0.1) is 0 Å². The molecule has 0 aliphatic rings. The minimum absolute atomic E-state index is 0. The fraction of sp³-hybridized carbons (Fsp3) is 0.526. The summed E-state index contributed by atoms with van der Waals surface area (Å²) in [4.78, 5) is 0. The van der Waals surface area contributed by atoms with Crippen LogP contribution < -0.4 is 0 Å². The summed E-state index contributed by atoms with van der Waals surface area (Å²) in [6, 6.07) is 9.23. The second-order valence-electron chi connectivity index (χ2n) is 6.86. The van der Waals surface area contributed by atoms with Crippen LogP contribution in [0.3, 0.4) is 0 Å². The number of aromatic nitrogens is 2. The van der Waals surface area contributed by atoms with Crippen molar-refractivity contribution < 1.29 is 21.1 Å². The first-order chi connectivity index (χ1) is 9.82. The van der Waals surface area contributed by atoms with E-state index in [9.17, 15) is 0 Å². The van der Waals surface area contributed by atoms with Crippen molar-refractivity contribution in [1.29, 1.82) is 0 Å². The Morgan fingerprint density at radius 2 is 1.41 bits per heavy atom. The zero-order chi connectivity index (χ0) is 15.7. The summed E-state index contributed by atoms with van der Waals surface area (Å²) in [5.74, 6) is 0.891. The first kappa shape index (κ1) is 19.2. The van der Waals surface area contributed by atoms with Crippen molar-refractivity contribution >= 4 is 0 Å². The average molecular weight is 480 g/mol. The van der Waals surface area contributed by atoms with E-state index in [-0.39, 0.29) is 21.1 Å². The molecule has 0 fully saturated rings. The van der Waals surface area contributed by atoms with Gasteiger partial charge in [-0.05, 0) is 38.2 Å². The Balaban J connectivity index is 0.00000242. The van der Waals surface area contributed by atoms with Gasteiger partial charge in [-0.25, -0.2) is 0 Å². The van der Waals surface area contributed by atoms with Gasteiger partial charge in [0.05, 0.1) is 5.69 Å². The van der Waals surface area contributed by atoms with Gasteiger partial charge in [-0.2, -0.15) is 5.10 Å². The van der Waals surface area contributed by atoms with Gasteiger partial charge in [-0.1, -0.05) is 57.5 Å². The van der Waals surface area contributed by atoms with Crippen LogP contribution >= 0.6 is 0 Å². The van der Waals surface area contributed by atoms with Gasteiger partial charge in [0.1, 0.15) is 0 Å². The van der Waals surface area contributed by atoms with Crippen molar-refractivity contribution in [3.05, 3.63) is 41.2 Å². The van der Waals surface area contributed by atoms with Crippen LogP contribution in [0.4, 0.5) is 0 Å². The maximum absolute atomic E-state index is 4.95. The third-order valence-corrected chi connectivity index (χ3v) is 3.90. The first-order valence-corrected chi connectivity index (χ1v) is 8.02. The van der Waals surface area contributed by atoms with Gasteiger partial charge in [0.15, 0.2) is 0 Å². The number of hydrogen-bond donors (Lipinski definition) is 0.